The van der Waals surface area contributed by atoms with E-state index < -0.39 is 11.1 Å². The van der Waals surface area contributed by atoms with Crippen LogP contribution >= 0.6 is 0 Å². The summed E-state index contributed by atoms with van der Waals surface area (Å²) in [7, 11) is 0. The molecule has 0 saturated carbocycles. The molecule has 0 bridgehead atoms. The minimum Gasteiger partial charge on any atom is -0.434 e. The highest BCUT2D eigenvalue weighted by Crippen LogP contribution is 2.08. The summed E-state index contributed by atoms with van der Waals surface area (Å²) in [4.78, 5) is 0. The molecule has 10 heavy (non-hydrogen) atoms. The summed E-state index contributed by atoms with van der Waals surface area (Å²) < 4.78 is 23.2. The molecule has 0 amide bonds. The molecule has 0 aromatic carbocycles. The van der Waals surface area contributed by atoms with Crippen LogP contribution in [-0.2, 0) is 11.1 Å². The Morgan fingerprint density at radius 3 is 2.70 bits per heavy atom. The van der Waals surface area contributed by atoms with Gasteiger partial charge in [0.1, 0.15) is 6.07 Å². The second-order valence-electron chi connectivity index (χ2n) is 1.48. The summed E-state index contributed by atoms with van der Waals surface area (Å²) in [6.07, 6.45) is 0. The van der Waals surface area contributed by atoms with Crippen LogP contribution in [0.3, 0.4) is 0 Å². The maximum Gasteiger partial charge on any atom is 0.223 e. The normalized spacial score (nSPS) is 12.4. The van der Waals surface area contributed by atoms with Gasteiger partial charge in [0, 0.05) is 0 Å². The average Bonchev–Trinajstić information content (AvgIpc) is 2.34. The monoisotopic (exact) mass is 157 g/mol. The van der Waals surface area contributed by atoms with Gasteiger partial charge in [0.2, 0.25) is 21.9 Å². The van der Waals surface area contributed by atoms with E-state index in [2.05, 4.69) is 4.42 Å². The van der Waals surface area contributed by atoms with E-state index in [-0.39, 0.29) is 10.9 Å². The van der Waals surface area contributed by atoms with Gasteiger partial charge < -0.3 is 4.42 Å². The predicted octanol–water partition coefficient (Wildman–Crippen LogP) is 0.732. The Morgan fingerprint density at radius 2 is 2.40 bits per heavy atom. The van der Waals surface area contributed by atoms with Gasteiger partial charge in [-0.15, -0.1) is 0 Å². The Hall–Kier alpha value is -1.12. The topological polar surface area (TPSA) is 74.2 Å². The van der Waals surface area contributed by atoms with Crippen LogP contribution < -0.4 is 0 Å². The van der Waals surface area contributed by atoms with Crippen molar-refractivity contribution in [1.29, 1.82) is 5.26 Å². The molecule has 5 heteroatoms. The third-order valence-corrected chi connectivity index (χ3v) is 1.43. The van der Waals surface area contributed by atoms with Crippen LogP contribution in [0, 0.1) is 11.3 Å². The molecule has 1 N–H and O–H groups in total. The second kappa shape index (κ2) is 2.64. The molecule has 1 unspecified atom stereocenters. The molecule has 4 nitrogen and oxygen atoms in total. The molecule has 0 saturated heterocycles. The van der Waals surface area contributed by atoms with Gasteiger partial charge in [0.25, 0.3) is 0 Å². The van der Waals surface area contributed by atoms with Crippen LogP contribution in [0.1, 0.15) is 5.76 Å². The van der Waals surface area contributed by atoms with E-state index in [1.54, 1.807) is 6.07 Å². The number of nitriles is 1. The van der Waals surface area contributed by atoms with Crippen LogP contribution in [0.5, 0.6) is 0 Å². The number of hydrogen-bond acceptors (Lipinski definition) is 3. The highest BCUT2D eigenvalue weighted by Gasteiger charge is 2.04. The van der Waals surface area contributed by atoms with Gasteiger partial charge in [-0.3, -0.25) is 4.55 Å². The number of hydrogen-bond donors (Lipinski definition) is 1. The van der Waals surface area contributed by atoms with Crippen LogP contribution in [0.4, 0.5) is 0 Å². The molecule has 1 rings (SSSR count). The number of furan rings is 1. The summed E-state index contributed by atoms with van der Waals surface area (Å²) in [5, 5.41) is 8.11. The Bertz CT molecular complexity index is 298. The van der Waals surface area contributed by atoms with Crippen LogP contribution in [-0.4, -0.2) is 8.76 Å². The van der Waals surface area contributed by atoms with E-state index in [9.17, 15) is 4.21 Å². The van der Waals surface area contributed by atoms with E-state index >= 15 is 0 Å². The van der Waals surface area contributed by atoms with Gasteiger partial charge in [-0.2, -0.15) is 5.26 Å². The molecule has 1 heterocycles. The van der Waals surface area contributed by atoms with Crippen molar-refractivity contribution in [2.24, 2.45) is 0 Å². The average molecular weight is 157 g/mol. The fourth-order valence-corrected chi connectivity index (χ4v) is 0.820. The van der Waals surface area contributed by atoms with E-state index in [1.807, 2.05) is 0 Å². The SMILES string of the molecule is N#Cc1ccc(S(=O)O)o1. The zero-order chi connectivity index (χ0) is 7.56. The highest BCUT2D eigenvalue weighted by molar-refractivity contribution is 7.79. The molecule has 0 spiro atoms. The molecule has 0 radical (unpaired) electrons. The molecule has 0 aliphatic heterocycles. The minimum absolute atomic E-state index is 0.0393. The molecule has 0 aliphatic rings. The van der Waals surface area contributed by atoms with E-state index in [0.717, 1.165) is 0 Å². The molecule has 1 aromatic heterocycles. The maximum absolute atomic E-state index is 10.2. The first kappa shape index (κ1) is 6.99. The molecule has 1 atom stereocenters. The van der Waals surface area contributed by atoms with Crippen molar-refractivity contribution in [3.8, 4) is 6.07 Å². The molecular formula is C5H3NO3S. The summed E-state index contributed by atoms with van der Waals surface area (Å²) in [5.41, 5.74) is 0. The quantitative estimate of drug-likeness (QED) is 0.610. The van der Waals surface area contributed by atoms with Crippen LogP contribution in [0.2, 0.25) is 0 Å². The lowest BCUT2D eigenvalue weighted by Gasteiger charge is -1.81. The van der Waals surface area contributed by atoms with Gasteiger partial charge in [-0.1, -0.05) is 0 Å². The first-order chi connectivity index (χ1) is 4.74. The van der Waals surface area contributed by atoms with Crippen LogP contribution in [0.25, 0.3) is 0 Å². The van der Waals surface area contributed by atoms with Crippen molar-refractivity contribution in [1.82, 2.24) is 0 Å². The third kappa shape index (κ3) is 1.23. The molecule has 1 aromatic rings. The lowest BCUT2D eigenvalue weighted by molar-refractivity contribution is 0.433. The summed E-state index contributed by atoms with van der Waals surface area (Å²) in [5.74, 6) is 0.0393. The lowest BCUT2D eigenvalue weighted by atomic mass is 10.5. The first-order valence-electron chi connectivity index (χ1n) is 2.35. The Balaban J connectivity index is 3.02. The van der Waals surface area contributed by atoms with Gasteiger partial charge in [-0.05, 0) is 12.1 Å². The Labute approximate surface area is 59.4 Å². The largest absolute Gasteiger partial charge is 0.434 e. The summed E-state index contributed by atoms with van der Waals surface area (Å²) in [6.45, 7) is 0. The summed E-state index contributed by atoms with van der Waals surface area (Å²) >= 11 is -2.13. The van der Waals surface area contributed by atoms with Gasteiger partial charge in [0.05, 0.1) is 0 Å². The van der Waals surface area contributed by atoms with Crippen molar-refractivity contribution in [2.45, 2.75) is 5.09 Å². The minimum atomic E-state index is -2.13. The van der Waals surface area contributed by atoms with Crippen molar-refractivity contribution in [3.05, 3.63) is 17.9 Å². The van der Waals surface area contributed by atoms with Crippen molar-refractivity contribution in [3.63, 3.8) is 0 Å². The number of nitrogens with zero attached hydrogens (tertiary/aromatic N) is 1. The lowest BCUT2D eigenvalue weighted by Crippen LogP contribution is -1.82. The Kier molecular flexibility index (Phi) is 1.85. The van der Waals surface area contributed by atoms with Crippen molar-refractivity contribution >= 4 is 11.1 Å². The zero-order valence-electron chi connectivity index (χ0n) is 4.77. The van der Waals surface area contributed by atoms with E-state index in [0.29, 0.717) is 0 Å². The smallest absolute Gasteiger partial charge is 0.223 e. The van der Waals surface area contributed by atoms with E-state index in [1.165, 1.54) is 12.1 Å². The van der Waals surface area contributed by atoms with E-state index in [4.69, 9.17) is 9.81 Å². The highest BCUT2D eigenvalue weighted by atomic mass is 32.2. The third-order valence-electron chi connectivity index (χ3n) is 0.864. The van der Waals surface area contributed by atoms with Gasteiger partial charge in [0.15, 0.2) is 0 Å². The molecule has 0 fully saturated rings. The fourth-order valence-electron chi connectivity index (χ4n) is 0.474. The summed E-state index contributed by atoms with van der Waals surface area (Å²) in [6, 6.07) is 4.31. The molecule has 52 valence electrons. The van der Waals surface area contributed by atoms with Gasteiger partial charge in [-0.25, -0.2) is 4.21 Å². The first-order valence-corrected chi connectivity index (χ1v) is 3.45. The fraction of sp³-hybridized carbons (Fsp3) is 0. The zero-order valence-corrected chi connectivity index (χ0v) is 5.59. The van der Waals surface area contributed by atoms with Crippen molar-refractivity contribution in [2.75, 3.05) is 0 Å². The number of rotatable bonds is 1. The molecule has 0 aliphatic carbocycles. The Morgan fingerprint density at radius 1 is 1.70 bits per heavy atom. The van der Waals surface area contributed by atoms with Crippen molar-refractivity contribution < 1.29 is 13.2 Å². The predicted molar refractivity (Wildman–Crippen MR) is 32.5 cm³/mol. The standard InChI is InChI=1S/C5H3NO3S/c6-3-4-1-2-5(9-4)10(7)8/h1-2H,(H,7,8). The second-order valence-corrected chi connectivity index (χ2v) is 2.38. The van der Waals surface area contributed by atoms with Gasteiger partial charge >= 0.3 is 0 Å². The molecular weight excluding hydrogens is 154 g/mol. The van der Waals surface area contributed by atoms with Crippen LogP contribution in [0.15, 0.2) is 21.6 Å². The maximum atomic E-state index is 10.2.